The van der Waals surface area contributed by atoms with Gasteiger partial charge in [-0.3, -0.25) is 4.79 Å². The highest BCUT2D eigenvalue weighted by molar-refractivity contribution is 5.73. The number of aliphatic hydroxyl groups is 6. The lowest BCUT2D eigenvalue weighted by Gasteiger charge is -2.43. The Labute approximate surface area is 137 Å². The predicted molar refractivity (Wildman–Crippen MR) is 74.2 cm³/mol. The molecule has 2 aliphatic rings. The predicted octanol–water partition coefficient (Wildman–Crippen LogP) is -4.61. The van der Waals surface area contributed by atoms with Gasteiger partial charge in [0, 0.05) is 6.92 Å². The fourth-order valence-electron chi connectivity index (χ4n) is 2.77. The molecule has 2 aliphatic heterocycles. The summed E-state index contributed by atoms with van der Waals surface area (Å²) in [4.78, 5) is 11.2. The second kappa shape index (κ2) is 7.99. The van der Waals surface area contributed by atoms with Crippen LogP contribution in [0.3, 0.4) is 0 Å². The normalized spacial score (nSPS) is 46.0. The summed E-state index contributed by atoms with van der Waals surface area (Å²) in [7, 11) is 0. The first-order valence-corrected chi connectivity index (χ1v) is 7.47. The van der Waals surface area contributed by atoms with Gasteiger partial charge in [0.1, 0.15) is 42.7 Å². The third kappa shape index (κ3) is 3.85. The second-order valence-electron chi connectivity index (χ2n) is 5.77. The van der Waals surface area contributed by atoms with Crippen molar-refractivity contribution in [3.05, 3.63) is 0 Å². The number of nitrogens with one attached hydrogen (secondary N) is 1. The third-order valence-electron chi connectivity index (χ3n) is 4.03. The summed E-state index contributed by atoms with van der Waals surface area (Å²) in [6.07, 6.45) is -10.9. The molecule has 1 amide bonds. The standard InChI is InChI=1S/C13H23NO10/c1-4(17)14-7-9(19)11(6(3-16)22-12(7)21)24-13-10(20)8(18)5(2-15)23-13/h5-13,15-16,18-21H,2-3H2,1H3,(H,14,17). The van der Waals surface area contributed by atoms with Crippen LogP contribution in [0.2, 0.25) is 0 Å². The number of rotatable bonds is 5. The lowest BCUT2D eigenvalue weighted by atomic mass is 9.96. The molecule has 11 nitrogen and oxygen atoms in total. The fourth-order valence-corrected chi connectivity index (χ4v) is 2.77. The van der Waals surface area contributed by atoms with Crippen LogP contribution >= 0.6 is 0 Å². The SMILES string of the molecule is CC(=O)NC1C(O)OC(CO)C(OC2OC(CO)C(O)C2O)C1O. The summed E-state index contributed by atoms with van der Waals surface area (Å²) < 4.78 is 15.7. The minimum Gasteiger partial charge on any atom is -0.394 e. The van der Waals surface area contributed by atoms with Crippen molar-refractivity contribution in [1.82, 2.24) is 5.32 Å². The van der Waals surface area contributed by atoms with Crippen molar-refractivity contribution in [2.75, 3.05) is 13.2 Å². The van der Waals surface area contributed by atoms with Crippen molar-refractivity contribution in [2.24, 2.45) is 0 Å². The highest BCUT2D eigenvalue weighted by Gasteiger charge is 2.50. The summed E-state index contributed by atoms with van der Waals surface area (Å²) in [5.41, 5.74) is 0. The van der Waals surface area contributed by atoms with Crippen LogP contribution < -0.4 is 5.32 Å². The highest BCUT2D eigenvalue weighted by atomic mass is 16.7. The summed E-state index contributed by atoms with van der Waals surface area (Å²) in [5, 5.41) is 60.5. The van der Waals surface area contributed by atoms with Crippen molar-refractivity contribution in [3.8, 4) is 0 Å². The molecule has 2 rings (SSSR count). The van der Waals surface area contributed by atoms with Crippen LogP contribution in [0.5, 0.6) is 0 Å². The van der Waals surface area contributed by atoms with Gasteiger partial charge in [0.25, 0.3) is 0 Å². The van der Waals surface area contributed by atoms with Gasteiger partial charge < -0.3 is 50.2 Å². The van der Waals surface area contributed by atoms with E-state index in [1.54, 1.807) is 0 Å². The van der Waals surface area contributed by atoms with Crippen molar-refractivity contribution in [1.29, 1.82) is 0 Å². The van der Waals surface area contributed by atoms with Gasteiger partial charge in [-0.25, -0.2) is 0 Å². The summed E-state index contributed by atoms with van der Waals surface area (Å²) in [6.45, 7) is -0.00167. The minimum atomic E-state index is -1.58. The number of hydrogen-bond donors (Lipinski definition) is 7. The molecule has 0 spiro atoms. The number of amides is 1. The maximum atomic E-state index is 11.2. The molecule has 0 aromatic rings. The molecule has 140 valence electrons. The lowest BCUT2D eigenvalue weighted by molar-refractivity contribution is -0.299. The zero-order valence-corrected chi connectivity index (χ0v) is 12.9. The molecule has 0 aliphatic carbocycles. The van der Waals surface area contributed by atoms with Gasteiger partial charge in [0.15, 0.2) is 12.6 Å². The second-order valence-corrected chi connectivity index (χ2v) is 5.77. The van der Waals surface area contributed by atoms with Crippen LogP contribution in [0.25, 0.3) is 0 Å². The van der Waals surface area contributed by atoms with Crippen LogP contribution in [-0.2, 0) is 19.0 Å². The molecule has 0 aromatic heterocycles. The van der Waals surface area contributed by atoms with E-state index in [0.29, 0.717) is 0 Å². The van der Waals surface area contributed by atoms with E-state index in [2.05, 4.69) is 5.32 Å². The van der Waals surface area contributed by atoms with Gasteiger partial charge in [0.05, 0.1) is 13.2 Å². The van der Waals surface area contributed by atoms with E-state index in [0.717, 1.165) is 0 Å². The molecule has 0 saturated carbocycles. The maximum Gasteiger partial charge on any atom is 0.217 e. The molecule has 0 bridgehead atoms. The van der Waals surface area contributed by atoms with Crippen LogP contribution in [-0.4, -0.2) is 105 Å². The van der Waals surface area contributed by atoms with Gasteiger partial charge in [-0.1, -0.05) is 0 Å². The first-order chi connectivity index (χ1) is 11.3. The van der Waals surface area contributed by atoms with Gasteiger partial charge in [-0.15, -0.1) is 0 Å². The molecule has 11 heteroatoms. The molecule has 0 aromatic carbocycles. The first-order valence-electron chi connectivity index (χ1n) is 7.47. The zero-order valence-electron chi connectivity index (χ0n) is 12.9. The Bertz CT molecular complexity index is 437. The molecule has 24 heavy (non-hydrogen) atoms. The highest BCUT2D eigenvalue weighted by Crippen LogP contribution is 2.28. The van der Waals surface area contributed by atoms with Crippen molar-refractivity contribution in [2.45, 2.75) is 62.2 Å². The Balaban J connectivity index is 2.12. The van der Waals surface area contributed by atoms with Crippen LogP contribution in [0.1, 0.15) is 6.92 Å². The number of carbonyl (C=O) groups excluding carboxylic acids is 1. The smallest absolute Gasteiger partial charge is 0.217 e. The Morgan fingerprint density at radius 3 is 2.12 bits per heavy atom. The molecular formula is C13H23NO10. The minimum absolute atomic E-state index is 0.532. The van der Waals surface area contributed by atoms with Gasteiger partial charge in [-0.2, -0.15) is 0 Å². The number of carbonyl (C=O) groups is 1. The third-order valence-corrected chi connectivity index (χ3v) is 4.03. The average Bonchev–Trinajstić information content (AvgIpc) is 2.81. The van der Waals surface area contributed by atoms with E-state index in [1.807, 2.05) is 0 Å². The molecule has 0 radical (unpaired) electrons. The number of hydrogen-bond acceptors (Lipinski definition) is 10. The van der Waals surface area contributed by atoms with Gasteiger partial charge >= 0.3 is 0 Å². The molecule has 2 saturated heterocycles. The lowest BCUT2D eigenvalue weighted by Crippen LogP contribution is -2.65. The molecule has 7 N–H and O–H groups in total. The monoisotopic (exact) mass is 353 g/mol. The van der Waals surface area contributed by atoms with E-state index in [9.17, 15) is 30.3 Å². The van der Waals surface area contributed by atoms with Gasteiger partial charge in [-0.05, 0) is 0 Å². The number of aliphatic hydroxyl groups excluding tert-OH is 6. The largest absolute Gasteiger partial charge is 0.394 e. The molecule has 9 unspecified atom stereocenters. The van der Waals surface area contributed by atoms with Gasteiger partial charge in [0.2, 0.25) is 5.91 Å². The first kappa shape index (κ1) is 19.4. The average molecular weight is 353 g/mol. The topological polar surface area (TPSA) is 178 Å². The summed E-state index contributed by atoms with van der Waals surface area (Å²) in [6, 6.07) is -1.23. The van der Waals surface area contributed by atoms with E-state index >= 15 is 0 Å². The summed E-state index contributed by atoms with van der Waals surface area (Å²) in [5.74, 6) is -0.532. The van der Waals surface area contributed by atoms with Crippen molar-refractivity contribution < 1.29 is 49.6 Å². The number of ether oxygens (including phenoxy) is 3. The van der Waals surface area contributed by atoms with Crippen LogP contribution in [0.15, 0.2) is 0 Å². The Hall–Kier alpha value is -0.890. The Morgan fingerprint density at radius 1 is 1.00 bits per heavy atom. The van der Waals surface area contributed by atoms with Crippen LogP contribution in [0.4, 0.5) is 0 Å². The fraction of sp³-hybridized carbons (Fsp3) is 0.923. The molecular weight excluding hydrogens is 330 g/mol. The van der Waals surface area contributed by atoms with Crippen molar-refractivity contribution in [3.63, 3.8) is 0 Å². The van der Waals surface area contributed by atoms with E-state index < -0.39 is 74.4 Å². The molecule has 2 fully saturated rings. The van der Waals surface area contributed by atoms with E-state index in [1.165, 1.54) is 6.92 Å². The Kier molecular flexibility index (Phi) is 6.47. The van der Waals surface area contributed by atoms with Crippen LogP contribution in [0, 0.1) is 0 Å². The zero-order chi connectivity index (χ0) is 18.0. The maximum absolute atomic E-state index is 11.2. The van der Waals surface area contributed by atoms with Crippen molar-refractivity contribution >= 4 is 5.91 Å². The quantitative estimate of drug-likeness (QED) is 0.254. The molecule has 2 heterocycles. The Morgan fingerprint density at radius 2 is 1.62 bits per heavy atom. The molecule has 9 atom stereocenters. The van der Waals surface area contributed by atoms with E-state index in [4.69, 9.17) is 19.3 Å². The summed E-state index contributed by atoms with van der Waals surface area (Å²) >= 11 is 0. The van der Waals surface area contributed by atoms with E-state index in [-0.39, 0.29) is 0 Å².